The molecule has 37 heavy (non-hydrogen) atoms. The Bertz CT molecular complexity index is 1460. The van der Waals surface area contributed by atoms with Crippen molar-refractivity contribution in [3.8, 4) is 22.9 Å². The van der Waals surface area contributed by atoms with Crippen LogP contribution in [0.5, 0.6) is 11.5 Å². The van der Waals surface area contributed by atoms with Gasteiger partial charge in [-0.2, -0.15) is 4.98 Å². The summed E-state index contributed by atoms with van der Waals surface area (Å²) in [6.45, 7) is 2.89. The van der Waals surface area contributed by atoms with Gasteiger partial charge in [-0.05, 0) is 43.0 Å². The number of anilines is 1. The molecular weight excluding hydrogens is 464 g/mol. The summed E-state index contributed by atoms with van der Waals surface area (Å²) in [5.41, 5.74) is 4.60. The predicted octanol–water partition coefficient (Wildman–Crippen LogP) is 5.94. The van der Waals surface area contributed by atoms with E-state index in [-0.39, 0.29) is 5.78 Å². The highest BCUT2D eigenvalue weighted by Crippen LogP contribution is 2.42. The van der Waals surface area contributed by atoms with Crippen molar-refractivity contribution in [3.63, 3.8) is 0 Å². The maximum Gasteiger partial charge on any atom is 0.226 e. The fraction of sp³-hybridized carbons (Fsp3) is 0.233. The summed E-state index contributed by atoms with van der Waals surface area (Å²) in [6, 6.07) is 25.4. The van der Waals surface area contributed by atoms with Gasteiger partial charge in [0.2, 0.25) is 5.95 Å². The molecule has 1 aliphatic heterocycles. The Labute approximate surface area is 215 Å². The number of fused-ring (bicyclic) bond motifs is 1. The molecule has 4 aromatic rings. The summed E-state index contributed by atoms with van der Waals surface area (Å²) < 4.78 is 14.0. The topological polar surface area (TPSA) is 78.3 Å². The van der Waals surface area contributed by atoms with Crippen LogP contribution in [-0.2, 0) is 11.4 Å². The number of aromatic nitrogens is 3. The van der Waals surface area contributed by atoms with E-state index < -0.39 is 6.04 Å². The molecule has 2 aliphatic rings. The van der Waals surface area contributed by atoms with E-state index in [4.69, 9.17) is 19.6 Å². The Morgan fingerprint density at radius 2 is 1.73 bits per heavy atom. The van der Waals surface area contributed by atoms with E-state index in [1.165, 1.54) is 0 Å². The first-order valence-corrected chi connectivity index (χ1v) is 12.7. The molecule has 1 unspecified atom stereocenters. The lowest BCUT2D eigenvalue weighted by molar-refractivity contribution is -0.116. The minimum Gasteiger partial charge on any atom is -0.490 e. The molecule has 0 saturated carbocycles. The summed E-state index contributed by atoms with van der Waals surface area (Å²) in [5.74, 6) is 2.71. The molecule has 0 fully saturated rings. The van der Waals surface area contributed by atoms with Crippen molar-refractivity contribution in [2.45, 2.75) is 38.8 Å². The normalized spacial score (nSPS) is 16.6. The van der Waals surface area contributed by atoms with E-state index in [1.807, 2.05) is 90.5 Å². The van der Waals surface area contributed by atoms with E-state index >= 15 is 0 Å². The number of carbonyl (C=O) groups is 1. The Kier molecular flexibility index (Phi) is 6.18. The van der Waals surface area contributed by atoms with Crippen LogP contribution in [0.25, 0.3) is 11.4 Å². The number of hydrogen-bond donors (Lipinski definition) is 1. The number of carbonyl (C=O) groups excluding carboxylic acids is 1. The lowest BCUT2D eigenvalue weighted by Crippen LogP contribution is -2.31. The maximum atomic E-state index is 13.2. The van der Waals surface area contributed by atoms with Crippen LogP contribution in [0.2, 0.25) is 0 Å². The highest BCUT2D eigenvalue weighted by Gasteiger charge is 2.37. The first kappa shape index (κ1) is 23.0. The number of ketones is 1. The third-order valence-corrected chi connectivity index (χ3v) is 6.72. The molecule has 6 rings (SSSR count). The molecule has 186 valence electrons. The molecule has 0 spiro atoms. The lowest BCUT2D eigenvalue weighted by Gasteiger charge is -2.32. The zero-order chi connectivity index (χ0) is 25.2. The summed E-state index contributed by atoms with van der Waals surface area (Å²) in [5, 5.41) is 8.26. The van der Waals surface area contributed by atoms with Crippen LogP contribution in [0.1, 0.15) is 43.4 Å². The van der Waals surface area contributed by atoms with Gasteiger partial charge in [-0.25, -0.2) is 4.68 Å². The number of nitrogens with zero attached hydrogens (tertiary/aromatic N) is 3. The van der Waals surface area contributed by atoms with Gasteiger partial charge in [0.1, 0.15) is 12.6 Å². The van der Waals surface area contributed by atoms with Crippen molar-refractivity contribution in [1.29, 1.82) is 0 Å². The number of ether oxygens (including phenoxy) is 2. The second-order valence-corrected chi connectivity index (χ2v) is 9.18. The molecule has 0 amide bonds. The summed E-state index contributed by atoms with van der Waals surface area (Å²) in [4.78, 5) is 18.0. The SMILES string of the molecule is CCOc1cc(C2C3=C(CCCC3=O)Nc3nc(-c4ccccc4)nn32)ccc1OCc1ccccc1. The standard InChI is InChI=1S/C30H28N4O3/c1-2-36-26-18-22(16-17-25(26)37-19-20-10-5-3-6-11-20)28-27-23(14-9-15-24(27)35)31-30-32-29(33-34(28)30)21-12-7-4-8-13-21/h3-8,10-13,16-18,28H,2,9,14-15,19H2,1H3,(H,31,32,33). The second-order valence-electron chi connectivity index (χ2n) is 9.18. The number of nitrogens with one attached hydrogen (secondary N) is 1. The van der Waals surface area contributed by atoms with Crippen molar-refractivity contribution in [3.05, 3.63) is 101 Å². The molecule has 0 bridgehead atoms. The van der Waals surface area contributed by atoms with Gasteiger partial charge in [-0.1, -0.05) is 66.7 Å². The number of rotatable bonds is 7. The van der Waals surface area contributed by atoms with Crippen molar-refractivity contribution in [2.24, 2.45) is 0 Å². The van der Waals surface area contributed by atoms with Crippen LogP contribution < -0.4 is 14.8 Å². The lowest BCUT2D eigenvalue weighted by atomic mass is 9.85. The van der Waals surface area contributed by atoms with Crippen molar-refractivity contribution in [2.75, 3.05) is 11.9 Å². The van der Waals surface area contributed by atoms with Gasteiger partial charge >= 0.3 is 0 Å². The van der Waals surface area contributed by atoms with E-state index in [0.717, 1.165) is 40.8 Å². The minimum atomic E-state index is -0.397. The van der Waals surface area contributed by atoms with Crippen molar-refractivity contribution < 1.29 is 14.3 Å². The third kappa shape index (κ3) is 4.48. The molecular formula is C30H28N4O3. The quantitative estimate of drug-likeness (QED) is 0.344. The number of benzene rings is 3. The first-order chi connectivity index (χ1) is 18.2. The molecule has 2 heterocycles. The number of hydrogen-bond acceptors (Lipinski definition) is 6. The summed E-state index contributed by atoms with van der Waals surface area (Å²) in [7, 11) is 0. The molecule has 7 nitrogen and oxygen atoms in total. The largest absolute Gasteiger partial charge is 0.490 e. The third-order valence-electron chi connectivity index (χ3n) is 6.72. The average Bonchev–Trinajstić information content (AvgIpc) is 3.36. The zero-order valence-corrected chi connectivity index (χ0v) is 20.7. The van der Waals surface area contributed by atoms with Gasteiger partial charge in [-0.15, -0.1) is 5.10 Å². The Morgan fingerprint density at radius 1 is 0.946 bits per heavy atom. The van der Waals surface area contributed by atoms with Crippen LogP contribution in [0.15, 0.2) is 90.1 Å². The van der Waals surface area contributed by atoms with Crippen molar-refractivity contribution in [1.82, 2.24) is 14.8 Å². The molecule has 1 N–H and O–H groups in total. The zero-order valence-electron chi connectivity index (χ0n) is 20.7. The van der Waals surface area contributed by atoms with Gasteiger partial charge < -0.3 is 14.8 Å². The molecule has 0 saturated heterocycles. The first-order valence-electron chi connectivity index (χ1n) is 12.7. The fourth-order valence-electron chi connectivity index (χ4n) is 4.99. The number of Topliss-reactive ketones (excluding diaryl/α,β-unsaturated/α-hetero) is 1. The van der Waals surface area contributed by atoms with Crippen LogP contribution in [-0.4, -0.2) is 27.2 Å². The van der Waals surface area contributed by atoms with E-state index in [9.17, 15) is 4.79 Å². The van der Waals surface area contributed by atoms with E-state index in [2.05, 4.69) is 5.32 Å². The Morgan fingerprint density at radius 3 is 2.51 bits per heavy atom. The van der Waals surface area contributed by atoms with Crippen molar-refractivity contribution >= 4 is 11.7 Å². The Balaban J connectivity index is 1.41. The fourth-order valence-corrected chi connectivity index (χ4v) is 4.99. The highest BCUT2D eigenvalue weighted by molar-refractivity contribution is 5.99. The Hall–Kier alpha value is -4.39. The van der Waals surface area contributed by atoms with Crippen LogP contribution in [0.4, 0.5) is 5.95 Å². The van der Waals surface area contributed by atoms with E-state index in [1.54, 1.807) is 0 Å². The summed E-state index contributed by atoms with van der Waals surface area (Å²) in [6.07, 6.45) is 2.17. The van der Waals surface area contributed by atoms with Crippen LogP contribution in [0, 0.1) is 0 Å². The van der Waals surface area contributed by atoms with Gasteiger partial charge in [0, 0.05) is 23.3 Å². The van der Waals surface area contributed by atoms with Gasteiger partial charge in [-0.3, -0.25) is 4.79 Å². The summed E-state index contributed by atoms with van der Waals surface area (Å²) >= 11 is 0. The number of allylic oxidation sites excluding steroid dienone is 2. The highest BCUT2D eigenvalue weighted by atomic mass is 16.5. The average molecular weight is 493 g/mol. The molecule has 3 aromatic carbocycles. The van der Waals surface area contributed by atoms with Gasteiger partial charge in [0.15, 0.2) is 23.1 Å². The second kappa shape index (κ2) is 9.93. The van der Waals surface area contributed by atoms with Crippen LogP contribution in [0.3, 0.4) is 0 Å². The maximum absolute atomic E-state index is 13.2. The van der Waals surface area contributed by atoms with Gasteiger partial charge in [0.05, 0.1) is 6.61 Å². The molecule has 7 heteroatoms. The molecule has 1 aliphatic carbocycles. The monoisotopic (exact) mass is 492 g/mol. The predicted molar refractivity (Wildman–Crippen MR) is 141 cm³/mol. The smallest absolute Gasteiger partial charge is 0.226 e. The molecule has 0 radical (unpaired) electrons. The minimum absolute atomic E-state index is 0.142. The van der Waals surface area contributed by atoms with E-state index in [0.29, 0.717) is 42.9 Å². The molecule has 1 atom stereocenters. The molecule has 1 aromatic heterocycles. The van der Waals surface area contributed by atoms with Gasteiger partial charge in [0.25, 0.3) is 0 Å². The van der Waals surface area contributed by atoms with Crippen LogP contribution >= 0.6 is 0 Å².